The van der Waals surface area contributed by atoms with Crippen molar-refractivity contribution in [2.24, 2.45) is 4.40 Å². The third-order valence-corrected chi connectivity index (χ3v) is 6.43. The number of benzene rings is 2. The molecule has 1 saturated heterocycles. The molecule has 4 rings (SSSR count). The molecule has 0 radical (unpaired) electrons. The molecule has 2 aliphatic heterocycles. The minimum atomic E-state index is -3.77. The summed E-state index contributed by atoms with van der Waals surface area (Å²) in [5, 5.41) is 0. The summed E-state index contributed by atoms with van der Waals surface area (Å²) in [5.74, 6) is -0.553. The van der Waals surface area contributed by atoms with Crippen LogP contribution in [0.25, 0.3) is 0 Å². The highest BCUT2D eigenvalue weighted by Gasteiger charge is 2.38. The van der Waals surface area contributed by atoms with E-state index >= 15 is 0 Å². The maximum Gasteiger partial charge on any atom is 0.329 e. The minimum absolute atomic E-state index is 0.145. The number of sulfonamides is 1. The van der Waals surface area contributed by atoms with Crippen LogP contribution in [-0.4, -0.2) is 50.1 Å². The maximum atomic E-state index is 12.8. The topological polar surface area (TPSA) is 93.1 Å². The molecule has 0 saturated carbocycles. The van der Waals surface area contributed by atoms with Crippen molar-refractivity contribution in [2.45, 2.75) is 30.2 Å². The molecule has 0 N–H and O–H groups in total. The van der Waals surface area contributed by atoms with Gasteiger partial charge in [0, 0.05) is 17.7 Å². The Morgan fingerprint density at radius 2 is 1.76 bits per heavy atom. The van der Waals surface area contributed by atoms with Gasteiger partial charge < -0.3 is 9.64 Å². The molecular formula is C21H20N2O5S. The van der Waals surface area contributed by atoms with E-state index in [1.165, 1.54) is 6.07 Å². The van der Waals surface area contributed by atoms with Crippen molar-refractivity contribution in [1.29, 1.82) is 0 Å². The Hall–Kier alpha value is -3.00. The van der Waals surface area contributed by atoms with Gasteiger partial charge in [0.05, 0.1) is 0 Å². The Balaban J connectivity index is 1.53. The second-order valence-electron chi connectivity index (χ2n) is 6.99. The van der Waals surface area contributed by atoms with E-state index in [1.54, 1.807) is 53.4 Å². The first kappa shape index (κ1) is 19.3. The second kappa shape index (κ2) is 7.79. The SMILES string of the molecule is O=C(COC(=O)[C@@H]1CCCCN1C1=NS(=O)(=O)c2ccccc21)c1ccccc1. The van der Waals surface area contributed by atoms with Gasteiger partial charge in [0.2, 0.25) is 0 Å². The summed E-state index contributed by atoms with van der Waals surface area (Å²) in [7, 11) is -3.77. The molecule has 8 heteroatoms. The lowest BCUT2D eigenvalue weighted by Gasteiger charge is -2.35. The molecule has 0 unspecified atom stereocenters. The van der Waals surface area contributed by atoms with Crippen LogP contribution in [0.2, 0.25) is 0 Å². The predicted octanol–water partition coefficient (Wildman–Crippen LogP) is 2.42. The number of hydrogen-bond acceptors (Lipinski definition) is 6. The molecular weight excluding hydrogens is 392 g/mol. The average Bonchev–Trinajstić information content (AvgIpc) is 3.03. The number of nitrogens with zero attached hydrogens (tertiary/aromatic N) is 2. The summed E-state index contributed by atoms with van der Waals surface area (Å²) < 4.78 is 34.0. The van der Waals surface area contributed by atoms with Crippen LogP contribution in [0, 0.1) is 0 Å². The zero-order valence-corrected chi connectivity index (χ0v) is 16.5. The van der Waals surface area contributed by atoms with Crippen LogP contribution < -0.4 is 0 Å². The Bertz CT molecular complexity index is 1080. The van der Waals surface area contributed by atoms with Gasteiger partial charge in [-0.1, -0.05) is 42.5 Å². The molecule has 2 heterocycles. The van der Waals surface area contributed by atoms with Crippen molar-refractivity contribution in [3.8, 4) is 0 Å². The van der Waals surface area contributed by atoms with Crippen molar-refractivity contribution in [3.63, 3.8) is 0 Å². The summed E-state index contributed by atoms with van der Waals surface area (Å²) in [6.45, 7) is 0.142. The quantitative estimate of drug-likeness (QED) is 0.566. The van der Waals surface area contributed by atoms with Crippen molar-refractivity contribution in [3.05, 3.63) is 65.7 Å². The monoisotopic (exact) mass is 412 g/mol. The zero-order valence-electron chi connectivity index (χ0n) is 15.7. The normalized spacial score (nSPS) is 19.9. The number of fused-ring (bicyclic) bond motifs is 1. The molecule has 2 aliphatic rings. The number of piperidine rings is 1. The lowest BCUT2D eigenvalue weighted by Crippen LogP contribution is -2.49. The lowest BCUT2D eigenvalue weighted by molar-refractivity contribution is -0.148. The van der Waals surface area contributed by atoms with Crippen LogP contribution in [0.1, 0.15) is 35.2 Å². The molecule has 1 fully saturated rings. The molecule has 0 amide bonds. The van der Waals surface area contributed by atoms with Crippen LogP contribution in [0.15, 0.2) is 63.9 Å². The smallest absolute Gasteiger partial charge is 0.329 e. The number of Topliss-reactive ketones (excluding diaryl/α,β-unsaturated/α-hetero) is 1. The van der Waals surface area contributed by atoms with E-state index in [1.807, 2.05) is 0 Å². The number of likely N-dealkylation sites (tertiary alicyclic amines) is 1. The van der Waals surface area contributed by atoms with Crippen molar-refractivity contribution in [2.75, 3.05) is 13.2 Å². The first-order valence-corrected chi connectivity index (χ1v) is 10.9. The molecule has 1 atom stereocenters. The van der Waals surface area contributed by atoms with Gasteiger partial charge in [-0.25, -0.2) is 4.79 Å². The lowest BCUT2D eigenvalue weighted by atomic mass is 10.0. The van der Waals surface area contributed by atoms with E-state index in [9.17, 15) is 18.0 Å². The molecule has 0 spiro atoms. The number of esters is 1. The van der Waals surface area contributed by atoms with Crippen LogP contribution in [0.3, 0.4) is 0 Å². The molecule has 2 aromatic rings. The Morgan fingerprint density at radius 1 is 1.03 bits per heavy atom. The molecule has 0 bridgehead atoms. The van der Waals surface area contributed by atoms with Crippen molar-refractivity contribution < 1.29 is 22.7 Å². The summed E-state index contributed by atoms with van der Waals surface area (Å²) in [4.78, 5) is 26.8. The van der Waals surface area contributed by atoms with Gasteiger partial charge in [-0.15, -0.1) is 4.40 Å². The van der Waals surface area contributed by atoms with E-state index in [4.69, 9.17) is 4.74 Å². The fourth-order valence-corrected chi connectivity index (χ4v) is 4.88. The summed E-state index contributed by atoms with van der Waals surface area (Å²) in [6.07, 6.45) is 2.14. The molecule has 7 nitrogen and oxygen atoms in total. The molecule has 29 heavy (non-hydrogen) atoms. The number of rotatable bonds is 4. The molecule has 2 aromatic carbocycles. The second-order valence-corrected chi connectivity index (χ2v) is 8.56. The van der Waals surface area contributed by atoms with E-state index in [2.05, 4.69) is 4.40 Å². The van der Waals surface area contributed by atoms with Crippen LogP contribution >= 0.6 is 0 Å². The standard InChI is InChI=1S/C21H20N2O5S/c24-18(15-8-2-1-3-9-15)14-28-21(25)17-11-6-7-13-23(17)20-16-10-4-5-12-19(16)29(26,27)22-20/h1-5,8-10,12,17H,6-7,11,13-14H2/t17-/m0/s1. The Morgan fingerprint density at radius 3 is 2.55 bits per heavy atom. The first-order chi connectivity index (χ1) is 14.0. The first-order valence-electron chi connectivity index (χ1n) is 9.43. The highest BCUT2D eigenvalue weighted by molar-refractivity contribution is 7.90. The van der Waals surface area contributed by atoms with Crippen LogP contribution in [-0.2, 0) is 19.6 Å². The van der Waals surface area contributed by atoms with Crippen molar-refractivity contribution >= 4 is 27.6 Å². The fraction of sp³-hybridized carbons (Fsp3) is 0.286. The number of ether oxygens (including phenoxy) is 1. The number of carbonyl (C=O) groups is 2. The maximum absolute atomic E-state index is 12.8. The summed E-state index contributed by atoms with van der Waals surface area (Å²) >= 11 is 0. The minimum Gasteiger partial charge on any atom is -0.456 e. The zero-order chi connectivity index (χ0) is 20.4. The number of carbonyl (C=O) groups excluding carboxylic acids is 2. The van der Waals surface area contributed by atoms with Gasteiger partial charge >= 0.3 is 5.97 Å². The highest BCUT2D eigenvalue weighted by atomic mass is 32.2. The summed E-state index contributed by atoms with van der Waals surface area (Å²) in [5.41, 5.74) is 0.966. The van der Waals surface area contributed by atoms with Gasteiger partial charge in [0.15, 0.2) is 18.2 Å². The number of ketones is 1. The average molecular weight is 412 g/mol. The predicted molar refractivity (Wildman–Crippen MR) is 106 cm³/mol. The van der Waals surface area contributed by atoms with Gasteiger partial charge in [-0.3, -0.25) is 4.79 Å². The molecule has 0 aromatic heterocycles. The van der Waals surface area contributed by atoms with Gasteiger partial charge in [0.25, 0.3) is 10.0 Å². The van der Waals surface area contributed by atoms with Gasteiger partial charge in [-0.05, 0) is 31.4 Å². The van der Waals surface area contributed by atoms with E-state index in [-0.39, 0.29) is 23.1 Å². The van der Waals surface area contributed by atoms with Gasteiger partial charge in [0.1, 0.15) is 10.9 Å². The third-order valence-electron chi connectivity index (χ3n) is 5.10. The van der Waals surface area contributed by atoms with E-state index < -0.39 is 22.0 Å². The van der Waals surface area contributed by atoms with E-state index in [0.717, 1.165) is 12.8 Å². The summed E-state index contributed by atoms with van der Waals surface area (Å²) in [6, 6.07) is 14.5. The van der Waals surface area contributed by atoms with Gasteiger partial charge in [-0.2, -0.15) is 8.42 Å². The van der Waals surface area contributed by atoms with E-state index in [0.29, 0.717) is 24.1 Å². The molecule has 0 aliphatic carbocycles. The van der Waals surface area contributed by atoms with Crippen LogP contribution in [0.4, 0.5) is 0 Å². The highest BCUT2D eigenvalue weighted by Crippen LogP contribution is 2.31. The number of amidine groups is 1. The van der Waals surface area contributed by atoms with Crippen molar-refractivity contribution in [1.82, 2.24) is 4.90 Å². The Labute approximate surface area is 169 Å². The van der Waals surface area contributed by atoms with Crippen LogP contribution in [0.5, 0.6) is 0 Å². The third kappa shape index (κ3) is 3.80. The molecule has 150 valence electrons. The largest absolute Gasteiger partial charge is 0.456 e. The Kier molecular flexibility index (Phi) is 5.19. The number of hydrogen-bond donors (Lipinski definition) is 0. The fourth-order valence-electron chi connectivity index (χ4n) is 3.67.